The number of carbonyl (C=O) groups is 1. The number of hydrogen-bond acceptors (Lipinski definition) is 3. The average Bonchev–Trinajstić information content (AvgIpc) is 2.87. The summed E-state index contributed by atoms with van der Waals surface area (Å²) in [6.07, 6.45) is 1.92. The molecule has 2 rings (SSSR count). The molecule has 1 saturated heterocycles. The van der Waals surface area contributed by atoms with Crippen molar-refractivity contribution in [3.8, 4) is 0 Å². The summed E-state index contributed by atoms with van der Waals surface area (Å²) in [5.41, 5.74) is 7.06. The van der Waals surface area contributed by atoms with Gasteiger partial charge in [0.2, 0.25) is 5.91 Å². The molecule has 0 saturated carbocycles. The van der Waals surface area contributed by atoms with E-state index in [9.17, 15) is 4.79 Å². The van der Waals surface area contributed by atoms with Crippen LogP contribution in [0.1, 0.15) is 38.3 Å². The Kier molecular flexibility index (Phi) is 5.84. The number of benzene rings is 1. The minimum Gasteiger partial charge on any atom is -0.348 e. The van der Waals surface area contributed by atoms with Gasteiger partial charge in [-0.25, -0.2) is 0 Å². The standard InChI is InChI=1S/C17H26ClN3O/c1-3-15(13-4-6-14(18)7-5-13)20-16(22)10-21-9-8-17(2,11-19)12-21/h4-7,15H,3,8-12,19H2,1-2H3,(H,20,22). The molecule has 0 radical (unpaired) electrons. The van der Waals surface area contributed by atoms with Gasteiger partial charge in [-0.3, -0.25) is 9.69 Å². The van der Waals surface area contributed by atoms with Crippen LogP contribution in [0.2, 0.25) is 5.02 Å². The van der Waals surface area contributed by atoms with Crippen LogP contribution >= 0.6 is 11.6 Å². The Morgan fingerprint density at radius 1 is 1.45 bits per heavy atom. The Balaban J connectivity index is 1.89. The third-order valence-corrected chi connectivity index (χ3v) is 4.76. The van der Waals surface area contributed by atoms with E-state index in [1.165, 1.54) is 0 Å². The summed E-state index contributed by atoms with van der Waals surface area (Å²) in [5.74, 6) is 0.0723. The van der Waals surface area contributed by atoms with Crippen molar-refractivity contribution in [3.63, 3.8) is 0 Å². The van der Waals surface area contributed by atoms with E-state index >= 15 is 0 Å². The lowest BCUT2D eigenvalue weighted by molar-refractivity contribution is -0.122. The maximum absolute atomic E-state index is 12.3. The first-order chi connectivity index (χ1) is 10.5. The molecule has 122 valence electrons. The van der Waals surface area contributed by atoms with Crippen LogP contribution in [0, 0.1) is 5.41 Å². The molecule has 2 unspecified atom stereocenters. The van der Waals surface area contributed by atoms with E-state index in [4.69, 9.17) is 17.3 Å². The van der Waals surface area contributed by atoms with Gasteiger partial charge in [0.15, 0.2) is 0 Å². The average molecular weight is 324 g/mol. The summed E-state index contributed by atoms with van der Waals surface area (Å²) < 4.78 is 0. The van der Waals surface area contributed by atoms with Gasteiger partial charge >= 0.3 is 0 Å². The van der Waals surface area contributed by atoms with Crippen molar-refractivity contribution < 1.29 is 4.79 Å². The van der Waals surface area contributed by atoms with Gasteiger partial charge in [0.05, 0.1) is 12.6 Å². The van der Waals surface area contributed by atoms with Gasteiger partial charge in [-0.05, 0) is 49.0 Å². The minimum atomic E-state index is 0.0354. The number of likely N-dealkylation sites (tertiary alicyclic amines) is 1. The van der Waals surface area contributed by atoms with Gasteiger partial charge in [-0.15, -0.1) is 0 Å². The van der Waals surface area contributed by atoms with Crippen molar-refractivity contribution in [1.29, 1.82) is 0 Å². The third kappa shape index (κ3) is 4.45. The van der Waals surface area contributed by atoms with Crippen molar-refractivity contribution >= 4 is 17.5 Å². The summed E-state index contributed by atoms with van der Waals surface area (Å²) >= 11 is 5.91. The molecular weight excluding hydrogens is 298 g/mol. The molecule has 1 aliphatic heterocycles. The molecule has 1 aliphatic rings. The van der Waals surface area contributed by atoms with Crippen LogP contribution in [0.25, 0.3) is 0 Å². The topological polar surface area (TPSA) is 58.4 Å². The van der Waals surface area contributed by atoms with Crippen LogP contribution in [0.5, 0.6) is 0 Å². The highest BCUT2D eigenvalue weighted by Crippen LogP contribution is 2.28. The second-order valence-electron chi connectivity index (χ2n) is 6.56. The number of nitrogens with one attached hydrogen (secondary N) is 1. The van der Waals surface area contributed by atoms with Crippen molar-refractivity contribution in [2.45, 2.75) is 32.7 Å². The number of halogens is 1. The lowest BCUT2D eigenvalue weighted by Gasteiger charge is -2.23. The van der Waals surface area contributed by atoms with E-state index in [1.54, 1.807) is 0 Å². The van der Waals surface area contributed by atoms with Gasteiger partial charge in [-0.1, -0.05) is 37.6 Å². The molecule has 1 aromatic rings. The maximum Gasteiger partial charge on any atom is 0.234 e. The van der Waals surface area contributed by atoms with Gasteiger partial charge in [-0.2, -0.15) is 0 Å². The summed E-state index contributed by atoms with van der Waals surface area (Å²) in [6.45, 7) is 7.22. The van der Waals surface area contributed by atoms with Gasteiger partial charge in [0, 0.05) is 11.6 Å². The number of amides is 1. The zero-order valence-electron chi connectivity index (χ0n) is 13.4. The predicted molar refractivity (Wildman–Crippen MR) is 90.8 cm³/mol. The quantitative estimate of drug-likeness (QED) is 0.846. The summed E-state index contributed by atoms with van der Waals surface area (Å²) in [7, 11) is 0. The Morgan fingerprint density at radius 3 is 2.68 bits per heavy atom. The first-order valence-corrected chi connectivity index (χ1v) is 8.31. The highest BCUT2D eigenvalue weighted by Gasteiger charge is 2.33. The largest absolute Gasteiger partial charge is 0.348 e. The smallest absolute Gasteiger partial charge is 0.234 e. The maximum atomic E-state index is 12.3. The van der Waals surface area contributed by atoms with E-state index in [-0.39, 0.29) is 17.4 Å². The van der Waals surface area contributed by atoms with Crippen LogP contribution in [0.15, 0.2) is 24.3 Å². The molecule has 0 bridgehead atoms. The molecule has 1 aromatic carbocycles. The third-order valence-electron chi connectivity index (χ3n) is 4.51. The Labute approximate surface area is 138 Å². The van der Waals surface area contributed by atoms with E-state index in [2.05, 4.69) is 24.1 Å². The molecule has 0 aromatic heterocycles. The Morgan fingerprint density at radius 2 is 2.14 bits per heavy atom. The van der Waals surface area contributed by atoms with E-state index in [0.29, 0.717) is 18.1 Å². The zero-order chi connectivity index (χ0) is 16.2. The molecule has 1 amide bonds. The van der Waals surface area contributed by atoms with Crippen LogP contribution in [0.3, 0.4) is 0 Å². The second kappa shape index (κ2) is 7.44. The van der Waals surface area contributed by atoms with E-state index in [1.807, 2.05) is 24.3 Å². The summed E-state index contributed by atoms with van der Waals surface area (Å²) in [6, 6.07) is 7.70. The highest BCUT2D eigenvalue weighted by molar-refractivity contribution is 6.30. The molecule has 22 heavy (non-hydrogen) atoms. The van der Waals surface area contributed by atoms with Gasteiger partial charge in [0.1, 0.15) is 0 Å². The molecule has 1 fully saturated rings. The van der Waals surface area contributed by atoms with Crippen molar-refractivity contribution in [3.05, 3.63) is 34.9 Å². The summed E-state index contributed by atoms with van der Waals surface area (Å²) in [4.78, 5) is 14.5. The van der Waals surface area contributed by atoms with E-state index in [0.717, 1.165) is 31.5 Å². The summed E-state index contributed by atoms with van der Waals surface area (Å²) in [5, 5.41) is 3.83. The Bertz CT molecular complexity index is 505. The molecule has 4 nitrogen and oxygen atoms in total. The molecule has 3 N–H and O–H groups in total. The number of hydrogen-bond donors (Lipinski definition) is 2. The van der Waals surface area contributed by atoms with Crippen LogP contribution in [-0.4, -0.2) is 37.0 Å². The van der Waals surface area contributed by atoms with E-state index < -0.39 is 0 Å². The van der Waals surface area contributed by atoms with Crippen molar-refractivity contribution in [2.75, 3.05) is 26.2 Å². The van der Waals surface area contributed by atoms with Gasteiger partial charge < -0.3 is 11.1 Å². The minimum absolute atomic E-state index is 0.0354. The number of nitrogens with zero attached hydrogens (tertiary/aromatic N) is 1. The Hall–Kier alpha value is -1.10. The second-order valence-corrected chi connectivity index (χ2v) is 6.99. The fourth-order valence-corrected chi connectivity index (χ4v) is 3.11. The van der Waals surface area contributed by atoms with Crippen LogP contribution in [0.4, 0.5) is 0 Å². The fourth-order valence-electron chi connectivity index (χ4n) is 2.99. The number of nitrogens with two attached hydrogens (primary N) is 1. The molecule has 5 heteroatoms. The fraction of sp³-hybridized carbons (Fsp3) is 0.588. The molecular formula is C17H26ClN3O. The lowest BCUT2D eigenvalue weighted by Crippen LogP contribution is -2.39. The number of rotatable bonds is 6. The van der Waals surface area contributed by atoms with Crippen LogP contribution < -0.4 is 11.1 Å². The van der Waals surface area contributed by atoms with Crippen molar-refractivity contribution in [2.24, 2.45) is 11.1 Å². The van der Waals surface area contributed by atoms with Crippen molar-refractivity contribution in [1.82, 2.24) is 10.2 Å². The molecule has 1 heterocycles. The SMILES string of the molecule is CCC(NC(=O)CN1CCC(C)(CN)C1)c1ccc(Cl)cc1. The van der Waals surface area contributed by atoms with Crippen LogP contribution in [-0.2, 0) is 4.79 Å². The predicted octanol–water partition coefficient (Wildman–Crippen LogP) is 2.58. The first kappa shape index (κ1) is 17.3. The monoisotopic (exact) mass is 323 g/mol. The molecule has 0 aliphatic carbocycles. The first-order valence-electron chi connectivity index (χ1n) is 7.93. The highest BCUT2D eigenvalue weighted by atomic mass is 35.5. The number of carbonyl (C=O) groups excluding carboxylic acids is 1. The molecule has 0 spiro atoms. The molecule has 2 atom stereocenters. The zero-order valence-corrected chi connectivity index (χ0v) is 14.2. The van der Waals surface area contributed by atoms with Gasteiger partial charge in [0.25, 0.3) is 0 Å². The lowest BCUT2D eigenvalue weighted by atomic mass is 9.90. The normalized spacial score (nSPS) is 23.5.